The lowest BCUT2D eigenvalue weighted by atomic mass is 9.99. The van der Waals surface area contributed by atoms with E-state index in [2.05, 4.69) is 0 Å². The van der Waals surface area contributed by atoms with Crippen LogP contribution in [0.3, 0.4) is 0 Å². The number of hydrogen-bond acceptors (Lipinski definition) is 6. The third kappa shape index (κ3) is 3.72. The van der Waals surface area contributed by atoms with E-state index in [0.717, 1.165) is 0 Å². The van der Waals surface area contributed by atoms with E-state index < -0.39 is 23.5 Å². The third-order valence-electron chi connectivity index (χ3n) is 5.08. The number of amides is 1. The molecule has 1 atom stereocenters. The first-order valence-electron chi connectivity index (χ1n) is 9.39. The van der Waals surface area contributed by atoms with E-state index in [9.17, 15) is 14.7 Å². The minimum Gasteiger partial charge on any atom is -0.507 e. The Balaban J connectivity index is 1.95. The highest BCUT2D eigenvalue weighted by Gasteiger charge is 2.47. The van der Waals surface area contributed by atoms with Gasteiger partial charge in [-0.25, -0.2) is 0 Å². The summed E-state index contributed by atoms with van der Waals surface area (Å²) in [6.07, 6.45) is 0. The number of thiophene rings is 1. The maximum atomic E-state index is 13.2. The van der Waals surface area contributed by atoms with Gasteiger partial charge < -0.3 is 14.6 Å². The van der Waals surface area contributed by atoms with Crippen LogP contribution < -0.4 is 14.4 Å². The van der Waals surface area contributed by atoms with E-state index in [-0.39, 0.29) is 26.9 Å². The molecule has 1 aromatic heterocycles. The Morgan fingerprint density at radius 2 is 1.78 bits per heavy atom. The Morgan fingerprint density at radius 1 is 1.06 bits per heavy atom. The van der Waals surface area contributed by atoms with Crippen LogP contribution >= 0.6 is 34.5 Å². The fourth-order valence-electron chi connectivity index (χ4n) is 3.65. The number of methoxy groups -OCH3 is 2. The van der Waals surface area contributed by atoms with Gasteiger partial charge in [-0.2, -0.15) is 0 Å². The first-order chi connectivity index (χ1) is 15.4. The van der Waals surface area contributed by atoms with Gasteiger partial charge in [-0.3, -0.25) is 14.5 Å². The standard InChI is InChI=1S/C23H17Cl2NO5S/c1-30-14-7-5-13(6-8-14)26-19(17-4-3-9-32-17)18(21(28)23(26)29)20(27)15-10-12(24)11-16(25)22(15)31-2/h3-11,19,27H,1-2H3/b20-18-. The van der Waals surface area contributed by atoms with Gasteiger partial charge >= 0.3 is 0 Å². The van der Waals surface area contributed by atoms with Crippen molar-refractivity contribution in [3.05, 3.63) is 80.0 Å². The zero-order chi connectivity index (χ0) is 23.0. The van der Waals surface area contributed by atoms with E-state index in [0.29, 0.717) is 16.3 Å². The Morgan fingerprint density at radius 3 is 2.38 bits per heavy atom. The number of anilines is 1. The Labute approximate surface area is 198 Å². The molecule has 6 nitrogen and oxygen atoms in total. The van der Waals surface area contributed by atoms with Crippen molar-refractivity contribution < 1.29 is 24.2 Å². The third-order valence-corrected chi connectivity index (χ3v) is 6.50. The minimum atomic E-state index is -0.842. The van der Waals surface area contributed by atoms with Gasteiger partial charge in [0.25, 0.3) is 11.7 Å². The second-order valence-corrected chi connectivity index (χ2v) is 8.67. The van der Waals surface area contributed by atoms with E-state index in [4.69, 9.17) is 32.7 Å². The van der Waals surface area contributed by atoms with Gasteiger partial charge in [0.05, 0.1) is 30.4 Å². The summed E-state index contributed by atoms with van der Waals surface area (Å²) in [6.45, 7) is 0. The Kier molecular flexibility index (Phi) is 6.15. The first-order valence-corrected chi connectivity index (χ1v) is 11.0. The second-order valence-electron chi connectivity index (χ2n) is 6.85. The zero-order valence-corrected chi connectivity index (χ0v) is 19.3. The van der Waals surface area contributed by atoms with Crippen molar-refractivity contribution in [2.45, 2.75) is 6.04 Å². The summed E-state index contributed by atoms with van der Waals surface area (Å²) in [7, 11) is 2.93. The molecule has 164 valence electrons. The van der Waals surface area contributed by atoms with Gasteiger partial charge in [0.15, 0.2) is 0 Å². The number of aliphatic hydroxyl groups is 1. The molecular weight excluding hydrogens is 473 g/mol. The van der Waals surface area contributed by atoms with Gasteiger partial charge in [0, 0.05) is 15.6 Å². The molecule has 4 rings (SSSR count). The number of carbonyl (C=O) groups excluding carboxylic acids is 2. The molecule has 1 aliphatic heterocycles. The molecule has 0 saturated carbocycles. The molecule has 32 heavy (non-hydrogen) atoms. The van der Waals surface area contributed by atoms with Crippen molar-refractivity contribution in [3.63, 3.8) is 0 Å². The van der Waals surface area contributed by atoms with Crippen molar-refractivity contribution in [2.75, 3.05) is 19.1 Å². The molecule has 9 heteroatoms. The van der Waals surface area contributed by atoms with Gasteiger partial charge in [-0.1, -0.05) is 29.3 Å². The predicted octanol–water partition coefficient (Wildman–Crippen LogP) is 5.70. The predicted molar refractivity (Wildman–Crippen MR) is 125 cm³/mol. The van der Waals surface area contributed by atoms with Crippen molar-refractivity contribution >= 4 is 57.7 Å². The van der Waals surface area contributed by atoms with E-state index in [1.54, 1.807) is 30.3 Å². The van der Waals surface area contributed by atoms with Crippen LogP contribution in [0.5, 0.6) is 11.5 Å². The minimum absolute atomic E-state index is 0.0788. The van der Waals surface area contributed by atoms with Crippen LogP contribution in [-0.2, 0) is 9.59 Å². The van der Waals surface area contributed by atoms with Crippen LogP contribution in [-0.4, -0.2) is 31.0 Å². The summed E-state index contributed by atoms with van der Waals surface area (Å²) in [5.41, 5.74) is 0.533. The van der Waals surface area contributed by atoms with E-state index in [1.165, 1.54) is 42.6 Å². The molecule has 0 spiro atoms. The molecule has 3 aromatic rings. The van der Waals surface area contributed by atoms with Crippen LogP contribution in [0.1, 0.15) is 16.5 Å². The number of Topliss-reactive ketones (excluding diaryl/α,β-unsaturated/α-hetero) is 1. The number of benzene rings is 2. The molecule has 0 radical (unpaired) electrons. The smallest absolute Gasteiger partial charge is 0.300 e. The van der Waals surface area contributed by atoms with Crippen LogP contribution in [0.25, 0.3) is 5.76 Å². The number of hydrogen-bond donors (Lipinski definition) is 1. The van der Waals surface area contributed by atoms with E-state index in [1.807, 2.05) is 11.4 Å². The maximum Gasteiger partial charge on any atom is 0.300 e. The summed E-state index contributed by atoms with van der Waals surface area (Å²) >= 11 is 13.7. The molecule has 2 aromatic carbocycles. The number of ether oxygens (including phenoxy) is 2. The fraction of sp³-hybridized carbons (Fsp3) is 0.130. The van der Waals surface area contributed by atoms with Crippen molar-refractivity contribution in [3.8, 4) is 11.5 Å². The van der Waals surface area contributed by atoms with Gasteiger partial charge in [-0.05, 0) is 47.8 Å². The Hall–Kier alpha value is -3.00. The lowest BCUT2D eigenvalue weighted by molar-refractivity contribution is -0.132. The molecule has 1 N–H and O–H groups in total. The van der Waals surface area contributed by atoms with Gasteiger partial charge in [-0.15, -0.1) is 11.3 Å². The van der Waals surface area contributed by atoms with Crippen molar-refractivity contribution in [2.24, 2.45) is 0 Å². The highest BCUT2D eigenvalue weighted by molar-refractivity contribution is 7.10. The molecule has 1 unspecified atom stereocenters. The zero-order valence-electron chi connectivity index (χ0n) is 17.0. The number of rotatable bonds is 5. The molecule has 1 fully saturated rings. The van der Waals surface area contributed by atoms with Crippen LogP contribution in [0.2, 0.25) is 10.0 Å². The maximum absolute atomic E-state index is 13.2. The number of ketones is 1. The largest absolute Gasteiger partial charge is 0.507 e. The van der Waals surface area contributed by atoms with Crippen LogP contribution in [0.15, 0.2) is 59.5 Å². The molecule has 1 amide bonds. The molecule has 0 aliphatic carbocycles. The number of nitrogens with zero attached hydrogens (tertiary/aromatic N) is 1. The van der Waals surface area contributed by atoms with Crippen LogP contribution in [0, 0.1) is 0 Å². The highest BCUT2D eigenvalue weighted by atomic mass is 35.5. The first kappa shape index (κ1) is 22.2. The lowest BCUT2D eigenvalue weighted by Crippen LogP contribution is -2.29. The molecule has 0 bridgehead atoms. The summed E-state index contributed by atoms with van der Waals surface area (Å²) in [4.78, 5) is 28.3. The topological polar surface area (TPSA) is 76.1 Å². The number of halogens is 2. The van der Waals surface area contributed by atoms with Crippen LogP contribution in [0.4, 0.5) is 5.69 Å². The van der Waals surface area contributed by atoms with Crippen molar-refractivity contribution in [1.82, 2.24) is 0 Å². The molecule has 1 aliphatic rings. The summed E-state index contributed by atoms with van der Waals surface area (Å²) in [5.74, 6) is -1.25. The summed E-state index contributed by atoms with van der Waals surface area (Å²) in [6, 6.07) is 12.4. The number of aliphatic hydroxyl groups excluding tert-OH is 1. The quantitative estimate of drug-likeness (QED) is 0.282. The van der Waals surface area contributed by atoms with Gasteiger partial charge in [0.1, 0.15) is 23.3 Å². The SMILES string of the molecule is COc1ccc(N2C(=O)C(=O)/C(=C(\O)c3cc(Cl)cc(Cl)c3OC)C2c2cccs2)cc1. The molecular formula is C23H17Cl2NO5S. The second kappa shape index (κ2) is 8.86. The van der Waals surface area contributed by atoms with E-state index >= 15 is 0 Å². The summed E-state index contributed by atoms with van der Waals surface area (Å²) in [5, 5.41) is 13.5. The highest BCUT2D eigenvalue weighted by Crippen LogP contribution is 2.46. The normalized spacial score (nSPS) is 17.6. The Bertz CT molecular complexity index is 1220. The summed E-state index contributed by atoms with van der Waals surface area (Å²) < 4.78 is 10.5. The lowest BCUT2D eigenvalue weighted by Gasteiger charge is -2.24. The van der Waals surface area contributed by atoms with Crippen molar-refractivity contribution in [1.29, 1.82) is 0 Å². The molecule has 2 heterocycles. The molecule has 1 saturated heterocycles. The average Bonchev–Trinajstić information content (AvgIpc) is 3.40. The fourth-order valence-corrected chi connectivity index (χ4v) is 5.04. The average molecular weight is 490 g/mol. The monoisotopic (exact) mass is 489 g/mol. The number of carbonyl (C=O) groups is 2. The van der Waals surface area contributed by atoms with Gasteiger partial charge in [0.2, 0.25) is 0 Å².